The number of carbonyl (C=O) groups is 3. The van der Waals surface area contributed by atoms with Gasteiger partial charge in [-0.15, -0.1) is 0 Å². The van der Waals surface area contributed by atoms with Gasteiger partial charge in [0.1, 0.15) is 11.5 Å². The van der Waals surface area contributed by atoms with Crippen molar-refractivity contribution in [1.82, 2.24) is 5.43 Å². The van der Waals surface area contributed by atoms with Crippen molar-refractivity contribution in [2.45, 2.75) is 0 Å². The molecule has 9 heteroatoms. The first-order valence-corrected chi connectivity index (χ1v) is 10.1. The molecule has 162 valence electrons. The lowest BCUT2D eigenvalue weighted by Crippen LogP contribution is -2.32. The van der Waals surface area contributed by atoms with Crippen molar-refractivity contribution in [2.75, 3.05) is 12.4 Å². The number of nitrogens with one attached hydrogen (secondary N) is 2. The molecule has 3 aromatic carbocycles. The highest BCUT2D eigenvalue weighted by Crippen LogP contribution is 2.17. The average Bonchev–Trinajstić information content (AvgIpc) is 2.80. The third kappa shape index (κ3) is 6.51. The monoisotopic (exact) mass is 495 g/mol. The molecule has 0 unspecified atom stereocenters. The van der Waals surface area contributed by atoms with E-state index in [1.807, 2.05) is 0 Å². The molecule has 0 saturated heterocycles. The van der Waals surface area contributed by atoms with E-state index >= 15 is 0 Å². The van der Waals surface area contributed by atoms with E-state index in [-0.39, 0.29) is 0 Å². The van der Waals surface area contributed by atoms with Crippen LogP contribution in [-0.2, 0) is 9.59 Å². The average molecular weight is 496 g/mol. The maximum Gasteiger partial charge on any atom is 0.343 e. The van der Waals surface area contributed by atoms with Gasteiger partial charge in [0.25, 0.3) is 0 Å². The summed E-state index contributed by atoms with van der Waals surface area (Å²) in [5.74, 6) is -1.49. The largest absolute Gasteiger partial charge is 0.497 e. The van der Waals surface area contributed by atoms with Crippen LogP contribution in [0.1, 0.15) is 15.9 Å². The molecule has 0 aliphatic rings. The van der Waals surface area contributed by atoms with Crippen LogP contribution in [0, 0.1) is 0 Å². The molecule has 0 fully saturated rings. The molecular weight excluding hydrogens is 478 g/mol. The van der Waals surface area contributed by atoms with E-state index in [4.69, 9.17) is 9.47 Å². The Morgan fingerprint density at radius 2 is 1.62 bits per heavy atom. The number of amides is 2. The minimum absolute atomic E-state index is 0.293. The summed E-state index contributed by atoms with van der Waals surface area (Å²) in [6, 6.07) is 19.9. The van der Waals surface area contributed by atoms with Crippen LogP contribution in [0.25, 0.3) is 0 Å². The molecular formula is C23H18BrN3O5. The summed E-state index contributed by atoms with van der Waals surface area (Å²) < 4.78 is 11.3. The molecule has 8 nitrogen and oxygen atoms in total. The maximum atomic E-state index is 12.3. The van der Waals surface area contributed by atoms with E-state index in [1.165, 1.54) is 13.3 Å². The van der Waals surface area contributed by atoms with Crippen molar-refractivity contribution in [2.24, 2.45) is 5.10 Å². The number of methoxy groups -OCH3 is 1. The Kier molecular flexibility index (Phi) is 7.71. The first-order valence-electron chi connectivity index (χ1n) is 9.31. The topological polar surface area (TPSA) is 106 Å². The minimum atomic E-state index is -0.926. The van der Waals surface area contributed by atoms with Crippen LogP contribution < -0.4 is 20.2 Å². The highest BCUT2D eigenvalue weighted by Gasteiger charge is 2.13. The molecule has 0 bridgehead atoms. The van der Waals surface area contributed by atoms with Gasteiger partial charge in [0.2, 0.25) is 0 Å². The molecule has 2 amide bonds. The highest BCUT2D eigenvalue weighted by atomic mass is 79.9. The van der Waals surface area contributed by atoms with Gasteiger partial charge in [0, 0.05) is 10.2 Å². The Bertz CT molecular complexity index is 1160. The quantitative estimate of drug-likeness (QED) is 0.178. The Labute approximate surface area is 192 Å². The van der Waals surface area contributed by atoms with Crippen LogP contribution in [0.5, 0.6) is 11.5 Å². The zero-order valence-electron chi connectivity index (χ0n) is 16.9. The maximum absolute atomic E-state index is 12.3. The predicted octanol–water partition coefficient (Wildman–Crippen LogP) is 3.77. The summed E-state index contributed by atoms with van der Waals surface area (Å²) in [5.41, 5.74) is 3.51. The van der Waals surface area contributed by atoms with Gasteiger partial charge in [0.15, 0.2) is 0 Å². The highest BCUT2D eigenvalue weighted by molar-refractivity contribution is 9.10. The minimum Gasteiger partial charge on any atom is -0.497 e. The van der Waals surface area contributed by atoms with Gasteiger partial charge >= 0.3 is 17.8 Å². The van der Waals surface area contributed by atoms with E-state index in [9.17, 15) is 14.4 Å². The Balaban J connectivity index is 1.56. The molecule has 0 aliphatic heterocycles. The van der Waals surface area contributed by atoms with Crippen molar-refractivity contribution in [3.63, 3.8) is 0 Å². The lowest BCUT2D eigenvalue weighted by atomic mass is 10.2. The zero-order valence-corrected chi connectivity index (χ0v) is 18.5. The van der Waals surface area contributed by atoms with Crippen molar-refractivity contribution >= 4 is 45.6 Å². The number of nitrogens with zero attached hydrogens (tertiary/aromatic N) is 1. The van der Waals surface area contributed by atoms with E-state index in [0.717, 1.165) is 4.47 Å². The number of hydrazone groups is 1. The number of ether oxygens (including phenoxy) is 2. The number of anilines is 1. The SMILES string of the molecule is COc1cccc(C(=O)Oc2cccc(/C=N/NC(=O)C(=O)Nc3ccc(Br)cc3)c2)c1. The van der Waals surface area contributed by atoms with E-state index < -0.39 is 17.8 Å². The molecule has 2 N–H and O–H groups in total. The summed E-state index contributed by atoms with van der Waals surface area (Å²) in [5, 5.41) is 6.23. The van der Waals surface area contributed by atoms with Gasteiger partial charge < -0.3 is 14.8 Å². The first-order chi connectivity index (χ1) is 15.4. The fourth-order valence-electron chi connectivity index (χ4n) is 2.51. The molecule has 3 rings (SSSR count). The third-order valence-electron chi connectivity index (χ3n) is 4.06. The normalized spacial score (nSPS) is 10.4. The second-order valence-electron chi connectivity index (χ2n) is 6.35. The first kappa shape index (κ1) is 22.7. The standard InChI is InChI=1S/C23H18BrN3O5/c1-31-19-6-3-5-16(13-19)23(30)32-20-7-2-4-15(12-20)14-25-27-22(29)21(28)26-18-10-8-17(24)9-11-18/h2-14H,1H3,(H,26,28)(H,27,29)/b25-14+. The fourth-order valence-corrected chi connectivity index (χ4v) is 2.78. The summed E-state index contributed by atoms with van der Waals surface area (Å²) in [4.78, 5) is 36.1. The van der Waals surface area contributed by atoms with Crippen molar-refractivity contribution in [3.8, 4) is 11.5 Å². The fraction of sp³-hybridized carbons (Fsp3) is 0.0435. The van der Waals surface area contributed by atoms with Gasteiger partial charge in [-0.05, 0) is 60.2 Å². The van der Waals surface area contributed by atoms with Crippen molar-refractivity contribution in [1.29, 1.82) is 0 Å². The van der Waals surface area contributed by atoms with Crippen LogP contribution in [0.15, 0.2) is 82.4 Å². The van der Waals surface area contributed by atoms with Crippen LogP contribution >= 0.6 is 15.9 Å². The second kappa shape index (κ2) is 10.9. The number of benzene rings is 3. The van der Waals surface area contributed by atoms with Crippen molar-refractivity contribution in [3.05, 3.63) is 88.4 Å². The Morgan fingerprint density at radius 3 is 2.38 bits per heavy atom. The molecule has 0 spiro atoms. The van der Waals surface area contributed by atoms with Crippen LogP contribution in [0.3, 0.4) is 0 Å². The third-order valence-corrected chi connectivity index (χ3v) is 4.59. The summed E-state index contributed by atoms with van der Waals surface area (Å²) in [7, 11) is 1.51. The van der Waals surface area contributed by atoms with Gasteiger partial charge in [-0.2, -0.15) is 5.10 Å². The summed E-state index contributed by atoms with van der Waals surface area (Å²) in [6.45, 7) is 0. The van der Waals surface area contributed by atoms with Crippen LogP contribution in [0.4, 0.5) is 5.69 Å². The van der Waals surface area contributed by atoms with Gasteiger partial charge in [0.05, 0.1) is 18.9 Å². The number of hydrogen-bond donors (Lipinski definition) is 2. The molecule has 0 aliphatic carbocycles. The smallest absolute Gasteiger partial charge is 0.343 e. The Morgan fingerprint density at radius 1 is 0.906 bits per heavy atom. The molecule has 0 radical (unpaired) electrons. The molecule has 0 saturated carbocycles. The van der Waals surface area contributed by atoms with Gasteiger partial charge in [-0.3, -0.25) is 9.59 Å². The molecule has 0 aromatic heterocycles. The number of carbonyl (C=O) groups excluding carboxylic acids is 3. The van der Waals surface area contributed by atoms with E-state index in [1.54, 1.807) is 72.8 Å². The number of hydrogen-bond acceptors (Lipinski definition) is 6. The lowest BCUT2D eigenvalue weighted by Gasteiger charge is -2.06. The second-order valence-corrected chi connectivity index (χ2v) is 7.27. The lowest BCUT2D eigenvalue weighted by molar-refractivity contribution is -0.136. The summed E-state index contributed by atoms with van der Waals surface area (Å²) in [6.07, 6.45) is 1.33. The van der Waals surface area contributed by atoms with Crippen LogP contribution in [-0.4, -0.2) is 31.1 Å². The molecule has 32 heavy (non-hydrogen) atoms. The number of halogens is 1. The van der Waals surface area contributed by atoms with E-state index in [0.29, 0.717) is 28.3 Å². The molecule has 0 atom stereocenters. The Hall–Kier alpha value is -3.98. The van der Waals surface area contributed by atoms with Gasteiger partial charge in [-0.1, -0.05) is 34.1 Å². The molecule has 0 heterocycles. The van der Waals surface area contributed by atoms with Crippen molar-refractivity contribution < 1.29 is 23.9 Å². The van der Waals surface area contributed by atoms with Gasteiger partial charge in [-0.25, -0.2) is 10.2 Å². The van der Waals surface area contributed by atoms with E-state index in [2.05, 4.69) is 31.8 Å². The predicted molar refractivity (Wildman–Crippen MR) is 123 cm³/mol. The number of rotatable bonds is 6. The van der Waals surface area contributed by atoms with Crippen LogP contribution in [0.2, 0.25) is 0 Å². The zero-order chi connectivity index (χ0) is 22.9. The number of esters is 1. The summed E-state index contributed by atoms with van der Waals surface area (Å²) >= 11 is 3.29. The molecule has 3 aromatic rings.